The minimum absolute atomic E-state index is 0.0439. The van der Waals surface area contributed by atoms with E-state index in [1.54, 1.807) is 0 Å². The van der Waals surface area contributed by atoms with E-state index >= 15 is 0 Å². The maximum absolute atomic E-state index is 9.39. The van der Waals surface area contributed by atoms with Crippen LogP contribution in [-0.4, -0.2) is 30.6 Å². The third-order valence-corrected chi connectivity index (χ3v) is 5.65. The van der Waals surface area contributed by atoms with Crippen LogP contribution in [0, 0.1) is 5.41 Å². The molecule has 0 aromatic carbocycles. The quantitative estimate of drug-likeness (QED) is 0.245. The zero-order valence-corrected chi connectivity index (χ0v) is 17.6. The van der Waals surface area contributed by atoms with Gasteiger partial charge >= 0.3 is 0 Å². The monoisotopic (exact) mass is 364 g/mol. The molecule has 26 heavy (non-hydrogen) atoms. The number of allylic oxidation sites excluding steroid dienone is 2. The molecule has 3 heteroatoms. The van der Waals surface area contributed by atoms with Gasteiger partial charge in [0.1, 0.15) is 5.84 Å². The summed E-state index contributed by atoms with van der Waals surface area (Å²) in [6.45, 7) is 6.63. The van der Waals surface area contributed by atoms with Crippen LogP contribution in [0.1, 0.15) is 104 Å². The predicted molar refractivity (Wildman–Crippen MR) is 115 cm³/mol. The fraction of sp³-hybridized carbons (Fsp3) is 0.870. The molecule has 1 rings (SSSR count). The van der Waals surface area contributed by atoms with Gasteiger partial charge in [-0.05, 0) is 38.5 Å². The fourth-order valence-corrected chi connectivity index (χ4v) is 3.82. The van der Waals surface area contributed by atoms with Gasteiger partial charge in [0, 0.05) is 18.6 Å². The molecule has 0 aromatic rings. The van der Waals surface area contributed by atoms with Crippen molar-refractivity contribution >= 4 is 5.84 Å². The lowest BCUT2D eigenvalue weighted by Crippen LogP contribution is -2.37. The molecule has 1 unspecified atom stereocenters. The Hall–Kier alpha value is -0.830. The van der Waals surface area contributed by atoms with Gasteiger partial charge in [-0.3, -0.25) is 4.99 Å². The predicted octanol–water partition coefficient (Wildman–Crippen LogP) is 6.02. The van der Waals surface area contributed by atoms with E-state index in [4.69, 9.17) is 0 Å². The SMILES string of the molecule is CCCCCCCC/C=C\CCCCCCC(C)(CCO)C1=NCCN1. The van der Waals surface area contributed by atoms with Crippen LogP contribution in [-0.2, 0) is 0 Å². The van der Waals surface area contributed by atoms with E-state index in [0.29, 0.717) is 0 Å². The Bertz CT molecular complexity index is 392. The average Bonchev–Trinajstić information content (AvgIpc) is 3.18. The molecular weight excluding hydrogens is 320 g/mol. The largest absolute Gasteiger partial charge is 0.396 e. The van der Waals surface area contributed by atoms with E-state index in [-0.39, 0.29) is 12.0 Å². The highest BCUT2D eigenvalue weighted by Gasteiger charge is 2.31. The van der Waals surface area contributed by atoms with Gasteiger partial charge < -0.3 is 10.4 Å². The first kappa shape index (κ1) is 23.2. The summed E-state index contributed by atoms with van der Waals surface area (Å²) in [6.07, 6.45) is 22.7. The van der Waals surface area contributed by atoms with Crippen LogP contribution in [0.4, 0.5) is 0 Å². The Kier molecular flexibility index (Phi) is 13.6. The Morgan fingerprint density at radius 3 is 2.12 bits per heavy atom. The zero-order valence-electron chi connectivity index (χ0n) is 17.6. The van der Waals surface area contributed by atoms with Gasteiger partial charge in [0.2, 0.25) is 0 Å². The van der Waals surface area contributed by atoms with Crippen LogP contribution in [0.2, 0.25) is 0 Å². The van der Waals surface area contributed by atoms with Gasteiger partial charge in [-0.15, -0.1) is 0 Å². The van der Waals surface area contributed by atoms with Crippen LogP contribution in [0.25, 0.3) is 0 Å². The Morgan fingerprint density at radius 1 is 0.923 bits per heavy atom. The van der Waals surface area contributed by atoms with Gasteiger partial charge in [-0.25, -0.2) is 0 Å². The third kappa shape index (κ3) is 10.4. The highest BCUT2D eigenvalue weighted by molar-refractivity contribution is 5.89. The van der Waals surface area contributed by atoms with Crippen molar-refractivity contribution < 1.29 is 5.11 Å². The topological polar surface area (TPSA) is 44.6 Å². The van der Waals surface area contributed by atoms with E-state index in [2.05, 4.69) is 36.3 Å². The first-order chi connectivity index (χ1) is 12.7. The fourth-order valence-electron chi connectivity index (χ4n) is 3.82. The summed E-state index contributed by atoms with van der Waals surface area (Å²) in [7, 11) is 0. The van der Waals surface area contributed by atoms with Gasteiger partial charge in [0.05, 0.1) is 6.54 Å². The molecule has 1 heterocycles. The minimum atomic E-state index is 0.0439. The van der Waals surface area contributed by atoms with Crippen LogP contribution >= 0.6 is 0 Å². The van der Waals surface area contributed by atoms with E-state index in [1.807, 2.05) is 0 Å². The number of rotatable bonds is 17. The highest BCUT2D eigenvalue weighted by atomic mass is 16.3. The van der Waals surface area contributed by atoms with Crippen molar-refractivity contribution in [3.05, 3.63) is 12.2 Å². The minimum Gasteiger partial charge on any atom is -0.396 e. The zero-order chi connectivity index (χ0) is 18.9. The summed E-state index contributed by atoms with van der Waals surface area (Å²) in [5, 5.41) is 12.8. The molecule has 2 N–H and O–H groups in total. The summed E-state index contributed by atoms with van der Waals surface area (Å²) < 4.78 is 0. The number of nitrogens with zero attached hydrogens (tertiary/aromatic N) is 1. The molecule has 0 fully saturated rings. The van der Waals surface area contributed by atoms with Crippen molar-refractivity contribution in [1.82, 2.24) is 5.32 Å². The number of unbranched alkanes of at least 4 members (excludes halogenated alkanes) is 10. The molecule has 1 aliphatic heterocycles. The molecule has 0 saturated heterocycles. The first-order valence-electron chi connectivity index (χ1n) is 11.3. The van der Waals surface area contributed by atoms with Crippen molar-refractivity contribution in [2.45, 2.75) is 104 Å². The van der Waals surface area contributed by atoms with Crippen molar-refractivity contribution in [3.8, 4) is 0 Å². The van der Waals surface area contributed by atoms with Crippen LogP contribution in [0.5, 0.6) is 0 Å². The molecule has 0 spiro atoms. The second-order valence-electron chi connectivity index (χ2n) is 8.17. The van der Waals surface area contributed by atoms with Gasteiger partial charge in [-0.2, -0.15) is 0 Å². The maximum Gasteiger partial charge on any atom is 0.102 e. The van der Waals surface area contributed by atoms with Crippen molar-refractivity contribution in [2.24, 2.45) is 10.4 Å². The number of aliphatic hydroxyl groups is 1. The lowest BCUT2D eigenvalue weighted by atomic mass is 9.80. The smallest absolute Gasteiger partial charge is 0.102 e. The summed E-state index contributed by atoms with van der Waals surface area (Å²) in [5.74, 6) is 1.13. The Morgan fingerprint density at radius 2 is 1.54 bits per heavy atom. The van der Waals surface area contributed by atoms with Crippen LogP contribution in [0.15, 0.2) is 17.1 Å². The number of amidine groups is 1. The molecule has 152 valence electrons. The molecule has 0 aromatic heterocycles. The molecule has 1 atom stereocenters. The molecule has 1 aliphatic rings. The maximum atomic E-state index is 9.39. The van der Waals surface area contributed by atoms with Gasteiger partial charge in [0.25, 0.3) is 0 Å². The number of aliphatic imine (C=N–C) groups is 1. The molecule has 0 radical (unpaired) electrons. The second kappa shape index (κ2) is 15.2. The molecule has 0 bridgehead atoms. The van der Waals surface area contributed by atoms with Gasteiger partial charge in [0.15, 0.2) is 0 Å². The van der Waals surface area contributed by atoms with E-state index in [1.165, 1.54) is 77.0 Å². The second-order valence-corrected chi connectivity index (χ2v) is 8.17. The van der Waals surface area contributed by atoms with Crippen LogP contribution < -0.4 is 5.32 Å². The molecule has 0 aliphatic carbocycles. The lowest BCUT2D eigenvalue weighted by molar-refractivity contribution is 0.229. The normalized spacial score (nSPS) is 16.7. The van der Waals surface area contributed by atoms with E-state index in [9.17, 15) is 5.11 Å². The molecular formula is C23H44N2O. The number of aliphatic hydroxyl groups excluding tert-OH is 1. The number of nitrogens with one attached hydrogen (secondary N) is 1. The first-order valence-corrected chi connectivity index (χ1v) is 11.3. The molecule has 0 amide bonds. The standard InChI is InChI=1S/C23H44N2O/c1-3-4-5-6-7-8-9-10-11-12-13-14-15-16-17-23(2,18-21-26)22-24-19-20-25-22/h10-11,26H,3-9,12-21H2,1-2H3,(H,24,25)/b11-10-. The Balaban J connectivity index is 1.98. The van der Waals surface area contributed by atoms with Gasteiger partial charge in [-0.1, -0.05) is 77.4 Å². The van der Waals surface area contributed by atoms with E-state index in [0.717, 1.165) is 31.8 Å². The van der Waals surface area contributed by atoms with Crippen molar-refractivity contribution in [2.75, 3.05) is 19.7 Å². The summed E-state index contributed by atoms with van der Waals surface area (Å²) in [5.41, 5.74) is 0.0439. The average molecular weight is 365 g/mol. The molecule has 0 saturated carbocycles. The van der Waals surface area contributed by atoms with E-state index < -0.39 is 0 Å². The van der Waals surface area contributed by atoms with Crippen molar-refractivity contribution in [1.29, 1.82) is 0 Å². The summed E-state index contributed by atoms with van der Waals surface area (Å²) in [4.78, 5) is 4.60. The highest BCUT2D eigenvalue weighted by Crippen LogP contribution is 2.30. The number of hydrogen-bond donors (Lipinski definition) is 2. The number of hydrogen-bond acceptors (Lipinski definition) is 3. The van der Waals surface area contributed by atoms with Crippen molar-refractivity contribution in [3.63, 3.8) is 0 Å². The Labute approximate surface area is 162 Å². The van der Waals surface area contributed by atoms with Crippen LogP contribution in [0.3, 0.4) is 0 Å². The summed E-state index contributed by atoms with van der Waals surface area (Å²) in [6, 6.07) is 0. The third-order valence-electron chi connectivity index (χ3n) is 5.65. The summed E-state index contributed by atoms with van der Waals surface area (Å²) >= 11 is 0. The lowest BCUT2D eigenvalue weighted by Gasteiger charge is -2.29. The molecule has 3 nitrogen and oxygen atoms in total.